The first-order valence-electron chi connectivity index (χ1n) is 27.0. The van der Waals surface area contributed by atoms with Crippen molar-refractivity contribution in [3.8, 4) is 0 Å². The van der Waals surface area contributed by atoms with Crippen molar-refractivity contribution in [2.45, 2.75) is 272 Å². The summed E-state index contributed by atoms with van der Waals surface area (Å²) in [5.41, 5.74) is 26.3. The van der Waals surface area contributed by atoms with Gasteiger partial charge in [0.15, 0.2) is 0 Å². The topological polar surface area (TPSA) is 25.3 Å². The van der Waals surface area contributed by atoms with E-state index in [-0.39, 0.29) is 35.3 Å². The zero-order valence-corrected chi connectivity index (χ0v) is 48.9. The van der Waals surface area contributed by atoms with Crippen LogP contribution in [0.2, 0.25) is 39.3 Å². The zero-order valence-electron chi connectivity index (χ0n) is 45.3. The van der Waals surface area contributed by atoms with Gasteiger partial charge >= 0.3 is 20.4 Å². The summed E-state index contributed by atoms with van der Waals surface area (Å²) in [7, 11) is -2.74. The van der Waals surface area contributed by atoms with Crippen LogP contribution in [0.4, 0.5) is 0 Å². The van der Waals surface area contributed by atoms with Crippen molar-refractivity contribution in [3.63, 3.8) is 0 Å². The van der Waals surface area contributed by atoms with Gasteiger partial charge in [-0.1, -0.05) is 220 Å². The van der Waals surface area contributed by atoms with E-state index in [0.29, 0.717) is 0 Å². The van der Waals surface area contributed by atoms with Gasteiger partial charge < -0.3 is 20.4 Å². The number of aryl methyl sites for hydroxylation is 2. The molecule has 0 atom stereocenters. The molecule has 0 aromatic heterocycles. The Morgan fingerprint density at radius 2 is 0.615 bits per heavy atom. The summed E-state index contributed by atoms with van der Waals surface area (Å²) in [5, 5.41) is 0. The molecule has 0 amide bonds. The largest absolute Gasteiger partial charge is 2.00 e. The summed E-state index contributed by atoms with van der Waals surface area (Å²) in [6.45, 7) is 24.3. The zero-order chi connectivity index (χ0) is 45.2. The number of rotatable bonds is 36. The van der Waals surface area contributed by atoms with E-state index in [1.807, 2.05) is 0 Å². The molecule has 374 valence electrons. The van der Waals surface area contributed by atoms with E-state index >= 15 is 0 Å². The van der Waals surface area contributed by atoms with Crippen LogP contribution in [0, 0.1) is 14.9 Å². The maximum Gasteiger partial charge on any atom is 2.00 e. The second-order valence-electron chi connectivity index (χ2n) is 22.3. The molecule has 0 saturated carbocycles. The molecule has 0 bridgehead atoms. The molecule has 3 rings (SSSR count). The second-order valence-corrected chi connectivity index (χ2v) is 33.2. The van der Waals surface area contributed by atoms with Gasteiger partial charge in [0.2, 0.25) is 11.4 Å². The molecule has 5 heteroatoms. The first-order valence-corrected chi connectivity index (χ1v) is 34.4. The van der Waals surface area contributed by atoms with Crippen LogP contribution in [0.3, 0.4) is 0 Å². The summed E-state index contributed by atoms with van der Waals surface area (Å²) >= 11 is 0. The van der Waals surface area contributed by atoms with Crippen LogP contribution in [0.1, 0.15) is 241 Å². The van der Waals surface area contributed by atoms with Crippen molar-refractivity contribution in [1.29, 1.82) is 0 Å². The average molecular weight is 1020 g/mol. The number of allylic oxidation sites excluding steroid dienone is 2. The quantitative estimate of drug-likeness (QED) is 0.0281. The molecule has 2 nitrogen and oxygen atoms in total. The third-order valence-corrected chi connectivity index (χ3v) is 16.1. The predicted octanol–water partition coefficient (Wildman–Crippen LogP) is 20.7. The van der Waals surface area contributed by atoms with Gasteiger partial charge in [-0.25, -0.2) is 4.70 Å². The van der Waals surface area contributed by atoms with E-state index in [1.54, 1.807) is 4.70 Å². The fourth-order valence-electron chi connectivity index (χ4n) is 9.99. The first kappa shape index (κ1) is 63.6. The normalized spacial score (nSPS) is 13.0. The molecule has 0 aliphatic carbocycles. The van der Waals surface area contributed by atoms with Gasteiger partial charge in [0, 0.05) is 38.4 Å². The number of hydrogen-bond acceptors (Lipinski definition) is 0. The van der Waals surface area contributed by atoms with Crippen LogP contribution in [-0.2, 0) is 45.4 Å². The maximum atomic E-state index is 12.9. The van der Waals surface area contributed by atoms with Crippen LogP contribution in [0.25, 0.3) is 16.9 Å². The summed E-state index contributed by atoms with van der Waals surface area (Å²) < 4.78 is 1.72. The minimum Gasteiger partial charge on any atom is -0.493 e. The minimum absolute atomic E-state index is 0. The molecular weight excluding hydrogens is 911 g/mol. The third-order valence-electron chi connectivity index (χ3n) is 13.2. The molecule has 0 N–H and O–H groups in total. The SMILES string of the molecule is CCCCCCCCCCCCCCCCCCC1=C(c2cc(C[Si](C)(C)C)cc(C[Si](C)(C)C)c2)[N+](=[N-])C(c2cc(CCCC)cc(CCCC)c2)=C1CCCCCCCC.[CH3-].[CH3-].[Pd+2]. The summed E-state index contributed by atoms with van der Waals surface area (Å²) in [4.78, 5) is 0. The molecule has 0 radical (unpaired) electrons. The van der Waals surface area contributed by atoms with E-state index in [9.17, 15) is 5.53 Å². The van der Waals surface area contributed by atoms with Gasteiger partial charge in [-0.15, -0.1) is 0 Å². The Balaban J connectivity index is 0.0000137. The molecule has 0 unspecified atom stereocenters. The summed E-state index contributed by atoms with van der Waals surface area (Å²) in [6.07, 6.45) is 39.2. The summed E-state index contributed by atoms with van der Waals surface area (Å²) in [5.74, 6) is 0. The van der Waals surface area contributed by atoms with Crippen LogP contribution in [0.15, 0.2) is 47.5 Å². The molecule has 2 aromatic carbocycles. The Kier molecular flexibility index (Phi) is 34.9. The first-order chi connectivity index (χ1) is 29.8. The van der Waals surface area contributed by atoms with Crippen LogP contribution in [0.5, 0.6) is 0 Å². The Bertz CT molecular complexity index is 1580. The monoisotopic (exact) mass is 1020 g/mol. The van der Waals surface area contributed by atoms with Crippen molar-refractivity contribution in [2.75, 3.05) is 0 Å². The van der Waals surface area contributed by atoms with E-state index in [2.05, 4.69) is 103 Å². The molecule has 1 aliphatic rings. The fraction of sp³-hybridized carbons (Fsp3) is 0.700. The van der Waals surface area contributed by atoms with Gasteiger partial charge in [-0.2, -0.15) is 0 Å². The molecule has 1 aliphatic heterocycles. The second kappa shape index (κ2) is 35.7. The third kappa shape index (κ3) is 25.7. The van der Waals surface area contributed by atoms with Crippen molar-refractivity contribution in [1.82, 2.24) is 0 Å². The Labute approximate surface area is 423 Å². The molecule has 0 spiro atoms. The average Bonchev–Trinajstić information content (AvgIpc) is 3.48. The number of unbranched alkanes of at least 4 members (excludes halogenated alkanes) is 22. The smallest absolute Gasteiger partial charge is 0.493 e. The molecule has 2 aromatic rings. The Hall–Kier alpha value is -1.38. The molecule has 65 heavy (non-hydrogen) atoms. The van der Waals surface area contributed by atoms with Gasteiger partial charge in [-0.3, -0.25) is 0 Å². The molecule has 0 saturated heterocycles. The van der Waals surface area contributed by atoms with Gasteiger partial charge in [0.25, 0.3) is 0 Å². The number of nitrogens with zero attached hydrogens (tertiary/aromatic N) is 2. The predicted molar refractivity (Wildman–Crippen MR) is 297 cm³/mol. The fourth-order valence-corrected chi connectivity index (χ4v) is 12.9. The number of benzene rings is 2. The van der Waals surface area contributed by atoms with Gasteiger partial charge in [0.1, 0.15) is 0 Å². The molecule has 0 fully saturated rings. The van der Waals surface area contributed by atoms with Crippen LogP contribution in [-0.4, -0.2) is 20.8 Å². The van der Waals surface area contributed by atoms with Gasteiger partial charge in [-0.05, 0) is 110 Å². The Morgan fingerprint density at radius 3 is 0.908 bits per heavy atom. The molecular formula is C60H106N2PdSi2. The van der Waals surface area contributed by atoms with Crippen molar-refractivity contribution >= 4 is 27.5 Å². The van der Waals surface area contributed by atoms with Crippen molar-refractivity contribution in [3.05, 3.63) is 101 Å². The van der Waals surface area contributed by atoms with Gasteiger partial charge in [0.05, 0.1) is 0 Å². The van der Waals surface area contributed by atoms with Crippen LogP contribution >= 0.6 is 0 Å². The van der Waals surface area contributed by atoms with Crippen molar-refractivity contribution in [2.24, 2.45) is 0 Å². The standard InChI is InChI=1S/C58H100N2Si2.2CH3.Pd/c1-11-15-19-21-23-24-25-26-27-28-29-30-31-32-34-36-40-56-55(39-35-33-22-20-16-12-2)57(53-43-49(37-17-13-3)41-50(44-53)38-18-14-4)60(59)58(56)54-45-51(47-61(5,6)7)42-52(46-54)48-62(8,9)10;;;/h41-46H,11-40,47-48H2,1-10H3;2*1H3;/q;2*-1;+2. The minimum atomic E-state index is -1.37. The van der Waals surface area contributed by atoms with E-state index in [1.165, 1.54) is 224 Å². The van der Waals surface area contributed by atoms with E-state index < -0.39 is 16.1 Å². The van der Waals surface area contributed by atoms with E-state index in [0.717, 1.165) is 37.1 Å². The Morgan fingerprint density at radius 1 is 0.354 bits per heavy atom. The number of hydrogen-bond donors (Lipinski definition) is 0. The maximum absolute atomic E-state index is 12.9. The van der Waals surface area contributed by atoms with Crippen molar-refractivity contribution < 1.29 is 25.1 Å². The van der Waals surface area contributed by atoms with Crippen LogP contribution < -0.4 is 0 Å². The van der Waals surface area contributed by atoms with E-state index in [4.69, 9.17) is 0 Å². The summed E-state index contributed by atoms with van der Waals surface area (Å²) in [6, 6.07) is 17.3. The molecule has 1 heterocycles.